The van der Waals surface area contributed by atoms with E-state index < -0.39 is 0 Å². The van der Waals surface area contributed by atoms with Crippen molar-refractivity contribution in [2.24, 2.45) is 0 Å². The highest BCUT2D eigenvalue weighted by Crippen LogP contribution is 2.25. The van der Waals surface area contributed by atoms with Crippen LogP contribution in [-0.2, 0) is 6.54 Å². The van der Waals surface area contributed by atoms with Gasteiger partial charge in [0.2, 0.25) is 0 Å². The van der Waals surface area contributed by atoms with Gasteiger partial charge in [0, 0.05) is 18.2 Å². The number of pyridine rings is 1. The lowest BCUT2D eigenvalue weighted by atomic mass is 10.2. The predicted molar refractivity (Wildman–Crippen MR) is 83.5 cm³/mol. The van der Waals surface area contributed by atoms with Crippen LogP contribution >= 0.6 is 15.9 Å². The number of hydrogen-bond acceptors (Lipinski definition) is 4. The number of nitrogens with zero attached hydrogens (tertiary/aromatic N) is 1. The number of halogens is 1. The van der Waals surface area contributed by atoms with Crippen molar-refractivity contribution in [2.45, 2.75) is 13.5 Å². The number of nitrogens with one attached hydrogen (secondary N) is 1. The number of anilines is 1. The topological polar surface area (TPSA) is 43.4 Å². The standard InChI is InChI=1S/C15H17BrN2O2/c1-10-4-7-14(16)18-15(10)17-9-11-5-6-12(19-2)8-13(11)20-3/h4-8H,9H2,1-3H3,(H,17,18). The van der Waals surface area contributed by atoms with Crippen LogP contribution in [0.2, 0.25) is 0 Å². The van der Waals surface area contributed by atoms with Crippen molar-refractivity contribution in [1.29, 1.82) is 0 Å². The number of ether oxygens (including phenoxy) is 2. The van der Waals surface area contributed by atoms with E-state index in [-0.39, 0.29) is 0 Å². The number of rotatable bonds is 5. The molecule has 0 aliphatic heterocycles. The molecule has 0 atom stereocenters. The van der Waals surface area contributed by atoms with Crippen LogP contribution in [0.15, 0.2) is 34.9 Å². The maximum absolute atomic E-state index is 5.38. The molecule has 0 spiro atoms. The maximum Gasteiger partial charge on any atom is 0.130 e. The van der Waals surface area contributed by atoms with Crippen LogP contribution in [0, 0.1) is 6.92 Å². The Morgan fingerprint density at radius 3 is 2.65 bits per heavy atom. The van der Waals surface area contributed by atoms with Crippen LogP contribution in [0.5, 0.6) is 11.5 Å². The summed E-state index contributed by atoms with van der Waals surface area (Å²) in [5, 5.41) is 3.32. The lowest BCUT2D eigenvalue weighted by Crippen LogP contribution is -2.05. The fourth-order valence-electron chi connectivity index (χ4n) is 1.86. The van der Waals surface area contributed by atoms with Crippen molar-refractivity contribution in [3.05, 3.63) is 46.1 Å². The Balaban J connectivity index is 2.16. The average Bonchev–Trinajstić information content (AvgIpc) is 2.48. The van der Waals surface area contributed by atoms with E-state index >= 15 is 0 Å². The first-order valence-corrected chi connectivity index (χ1v) is 7.01. The van der Waals surface area contributed by atoms with Gasteiger partial charge in [0.15, 0.2) is 0 Å². The van der Waals surface area contributed by atoms with Crippen LogP contribution in [-0.4, -0.2) is 19.2 Å². The Bertz CT molecular complexity index is 602. The summed E-state index contributed by atoms with van der Waals surface area (Å²) in [6.45, 7) is 2.66. The van der Waals surface area contributed by atoms with Gasteiger partial charge in [-0.25, -0.2) is 4.98 Å². The summed E-state index contributed by atoms with van der Waals surface area (Å²) in [6.07, 6.45) is 0. The van der Waals surface area contributed by atoms with E-state index in [2.05, 4.69) is 26.2 Å². The van der Waals surface area contributed by atoms with E-state index in [4.69, 9.17) is 9.47 Å². The highest BCUT2D eigenvalue weighted by molar-refractivity contribution is 9.10. The second-order valence-electron chi connectivity index (χ2n) is 4.33. The third-order valence-electron chi connectivity index (χ3n) is 3.00. The quantitative estimate of drug-likeness (QED) is 0.844. The number of hydrogen-bond donors (Lipinski definition) is 1. The second-order valence-corrected chi connectivity index (χ2v) is 5.14. The van der Waals surface area contributed by atoms with Gasteiger partial charge in [-0.15, -0.1) is 0 Å². The summed E-state index contributed by atoms with van der Waals surface area (Å²) in [5.74, 6) is 2.43. The molecule has 0 saturated heterocycles. The Kier molecular flexibility index (Phi) is 4.84. The Hall–Kier alpha value is -1.75. The first-order chi connectivity index (χ1) is 9.63. The van der Waals surface area contributed by atoms with E-state index in [1.807, 2.05) is 37.3 Å². The second kappa shape index (κ2) is 6.61. The third-order valence-corrected chi connectivity index (χ3v) is 3.45. The van der Waals surface area contributed by atoms with Crippen LogP contribution in [0.4, 0.5) is 5.82 Å². The lowest BCUT2D eigenvalue weighted by Gasteiger charge is -2.13. The van der Waals surface area contributed by atoms with Crippen molar-refractivity contribution < 1.29 is 9.47 Å². The third kappa shape index (κ3) is 3.42. The van der Waals surface area contributed by atoms with Crippen LogP contribution in [0.25, 0.3) is 0 Å². The molecule has 1 N–H and O–H groups in total. The minimum atomic E-state index is 0.636. The van der Waals surface area contributed by atoms with Gasteiger partial charge in [0.05, 0.1) is 14.2 Å². The summed E-state index contributed by atoms with van der Waals surface area (Å²) in [6, 6.07) is 9.72. The SMILES string of the molecule is COc1ccc(CNc2nc(Br)ccc2C)c(OC)c1. The molecule has 4 nitrogen and oxygen atoms in total. The first kappa shape index (κ1) is 14.7. The van der Waals surface area contributed by atoms with Gasteiger partial charge >= 0.3 is 0 Å². The van der Waals surface area contributed by atoms with E-state index in [9.17, 15) is 0 Å². The molecule has 20 heavy (non-hydrogen) atoms. The summed E-state index contributed by atoms with van der Waals surface area (Å²) in [4.78, 5) is 4.42. The molecule has 0 saturated carbocycles. The van der Waals surface area contributed by atoms with Gasteiger partial charge < -0.3 is 14.8 Å². The molecule has 0 bridgehead atoms. The van der Waals surface area contributed by atoms with E-state index in [1.165, 1.54) is 0 Å². The fourth-order valence-corrected chi connectivity index (χ4v) is 2.17. The molecule has 1 aromatic heterocycles. The summed E-state index contributed by atoms with van der Waals surface area (Å²) in [5.41, 5.74) is 2.15. The highest BCUT2D eigenvalue weighted by Gasteiger charge is 2.06. The molecule has 2 rings (SSSR count). The molecule has 0 amide bonds. The van der Waals surface area contributed by atoms with Crippen molar-refractivity contribution in [1.82, 2.24) is 4.98 Å². The largest absolute Gasteiger partial charge is 0.497 e. The number of aromatic nitrogens is 1. The van der Waals surface area contributed by atoms with Gasteiger partial charge in [0.25, 0.3) is 0 Å². The van der Waals surface area contributed by atoms with Crippen molar-refractivity contribution >= 4 is 21.7 Å². The van der Waals surface area contributed by atoms with Crippen molar-refractivity contribution in [3.8, 4) is 11.5 Å². The summed E-state index contributed by atoms with van der Waals surface area (Å²) >= 11 is 3.38. The monoisotopic (exact) mass is 336 g/mol. The van der Waals surface area contributed by atoms with Gasteiger partial charge in [0.1, 0.15) is 21.9 Å². The molecular weight excluding hydrogens is 320 g/mol. The van der Waals surface area contributed by atoms with Crippen molar-refractivity contribution in [2.75, 3.05) is 19.5 Å². The first-order valence-electron chi connectivity index (χ1n) is 6.22. The van der Waals surface area contributed by atoms with Crippen molar-refractivity contribution in [3.63, 3.8) is 0 Å². The molecule has 2 aromatic rings. The van der Waals surface area contributed by atoms with Crippen LogP contribution in [0.3, 0.4) is 0 Å². The average molecular weight is 337 g/mol. The summed E-state index contributed by atoms with van der Waals surface area (Å²) in [7, 11) is 3.29. The number of methoxy groups -OCH3 is 2. The normalized spacial score (nSPS) is 10.2. The van der Waals surface area contributed by atoms with Crippen LogP contribution in [0.1, 0.15) is 11.1 Å². The minimum absolute atomic E-state index is 0.636. The van der Waals surface area contributed by atoms with Gasteiger partial charge in [-0.3, -0.25) is 0 Å². The van der Waals surface area contributed by atoms with Gasteiger partial charge in [-0.1, -0.05) is 6.07 Å². The molecule has 0 radical (unpaired) electrons. The molecule has 5 heteroatoms. The zero-order valence-corrected chi connectivity index (χ0v) is 13.3. The Labute approximate surface area is 127 Å². The van der Waals surface area contributed by atoms with Gasteiger partial charge in [-0.05, 0) is 46.6 Å². The molecule has 0 aliphatic rings. The molecule has 0 aliphatic carbocycles. The number of benzene rings is 1. The Morgan fingerprint density at radius 1 is 1.15 bits per heavy atom. The van der Waals surface area contributed by atoms with E-state index in [1.54, 1.807) is 14.2 Å². The van der Waals surface area contributed by atoms with E-state index in [0.717, 1.165) is 33.0 Å². The predicted octanol–water partition coefficient (Wildman–Crippen LogP) is 3.78. The zero-order valence-electron chi connectivity index (χ0n) is 11.7. The molecule has 0 fully saturated rings. The maximum atomic E-state index is 5.38. The number of aryl methyl sites for hydroxylation is 1. The molecule has 1 aromatic carbocycles. The molecule has 0 unspecified atom stereocenters. The molecular formula is C15H17BrN2O2. The highest BCUT2D eigenvalue weighted by atomic mass is 79.9. The Morgan fingerprint density at radius 2 is 1.95 bits per heavy atom. The lowest BCUT2D eigenvalue weighted by molar-refractivity contribution is 0.391. The minimum Gasteiger partial charge on any atom is -0.497 e. The smallest absolute Gasteiger partial charge is 0.130 e. The molecule has 1 heterocycles. The summed E-state index contributed by atoms with van der Waals surface area (Å²) < 4.78 is 11.4. The van der Waals surface area contributed by atoms with Crippen LogP contribution < -0.4 is 14.8 Å². The van der Waals surface area contributed by atoms with E-state index in [0.29, 0.717) is 6.54 Å². The molecule has 106 valence electrons. The van der Waals surface area contributed by atoms with Gasteiger partial charge in [-0.2, -0.15) is 0 Å². The zero-order chi connectivity index (χ0) is 14.5. The fraction of sp³-hybridized carbons (Fsp3) is 0.267.